The minimum Gasteiger partial charge on any atom is -0.461 e. The molecular formula is C95H95Cl8N9O17. The van der Waals surface area contributed by atoms with E-state index in [2.05, 4.69) is 60.6 Å². The molecule has 0 fully saturated rings. The summed E-state index contributed by atoms with van der Waals surface area (Å²) >= 11 is 52.4. The van der Waals surface area contributed by atoms with Crippen molar-refractivity contribution in [2.45, 2.75) is 117 Å². The van der Waals surface area contributed by atoms with Gasteiger partial charge < -0.3 is 77.4 Å². The van der Waals surface area contributed by atoms with Gasteiger partial charge in [-0.1, -0.05) is 183 Å². The second-order valence-electron chi connectivity index (χ2n) is 30.3. The fourth-order valence-electron chi connectivity index (χ4n) is 13.3. The minimum atomic E-state index is -0.699. The second-order valence-corrected chi connectivity index (χ2v) is 33.6. The predicted octanol–water partition coefficient (Wildman–Crippen LogP) is 26.2. The third-order valence-corrected chi connectivity index (χ3v) is 22.3. The summed E-state index contributed by atoms with van der Waals surface area (Å²) in [5, 5.41) is 31.5. The summed E-state index contributed by atoms with van der Waals surface area (Å²) in [6.45, 7) is 31.1. The molecule has 678 valence electrons. The average Bonchev–Trinajstić information content (AvgIpc) is 1.66. The molecule has 1 aliphatic rings. The summed E-state index contributed by atoms with van der Waals surface area (Å²) in [5.74, 6) is 0.105. The Labute approximate surface area is 786 Å². The molecule has 0 atom stereocenters. The normalized spacial score (nSPS) is 11.6. The smallest absolute Gasteiger partial charge is 0.343 e. The third-order valence-electron chi connectivity index (χ3n) is 19.9. The number of anilines is 8. The molecule has 129 heavy (non-hydrogen) atoms. The molecule has 13 rings (SSSR count). The summed E-state index contributed by atoms with van der Waals surface area (Å²) < 4.78 is 57.7. The first-order valence-corrected chi connectivity index (χ1v) is 43.7. The number of ether oxygens (including phenoxy) is 7. The molecule has 0 spiro atoms. The summed E-state index contributed by atoms with van der Waals surface area (Å²) in [5.41, 5.74) is 14.7. The maximum absolute atomic E-state index is 12.7. The molecule has 4 aromatic heterocycles. The van der Waals surface area contributed by atoms with Crippen molar-refractivity contribution in [1.82, 2.24) is 25.5 Å². The Morgan fingerprint density at radius 3 is 0.961 bits per heavy atom. The minimum absolute atomic E-state index is 0.127. The molecule has 5 heterocycles. The number of para-hydroxylation sites is 4. The van der Waals surface area contributed by atoms with Gasteiger partial charge in [0, 0.05) is 35.4 Å². The molecule has 8 aromatic carbocycles. The van der Waals surface area contributed by atoms with Gasteiger partial charge in [-0.3, -0.25) is 9.59 Å². The Kier molecular flexibility index (Phi) is 35.7. The predicted molar refractivity (Wildman–Crippen MR) is 504 cm³/mol. The van der Waals surface area contributed by atoms with E-state index in [1.54, 1.807) is 161 Å². The molecule has 0 amide bonds. The molecule has 12 aromatic rings. The van der Waals surface area contributed by atoms with Gasteiger partial charge in [0.2, 0.25) is 6.79 Å². The van der Waals surface area contributed by atoms with Crippen molar-refractivity contribution < 1.29 is 80.0 Å². The standard InChI is InChI=1S/C24H27Cl2N3O3.C24H20Cl2N2O5.C24H24Cl2N2O5.C23H24Cl2N2O4/c1-5-29(6-2)11-12-31-24(30)18-9-7-8-10-21(18)27-23-19(25)13-17(14-20(23)26)22-15(3)28-32-16(22)4;1-12-8-21(29)32-20(12)11-31-24(30)16-6-4-5-7-19(16)27-23-17(25)9-15(10-18(23)26)22-13(2)28-33-14(22)3;1-13-20(14(2)33-28-13)15-10-17(25)21(18(26)11-15)27-19-9-7-6-8-16(19)22(29)31-12-32-23(30)24(3,4)5;1-4-9-29-10-11-30-23(28)17-7-5-6-8-20(17)26-22-18(24)12-16(13-19(22)25)21-14(2)27-31-15(21)3/h7-10,13-14,27H,5-6,11-12H2,1-4H3;4-7,9-10,27H,8,11H2,1-3H3;6-11,27H,12H2,1-5H3;5-8,12-13,26H,4,9-11H2,1-3H3. The highest BCUT2D eigenvalue weighted by atomic mass is 35.5. The number of aryl methyl sites for hydroxylation is 8. The number of benzene rings is 8. The Hall–Kier alpha value is -11.4. The van der Waals surface area contributed by atoms with E-state index in [4.69, 9.17) is 144 Å². The molecule has 4 N–H and O–H groups in total. The molecule has 26 nitrogen and oxygen atoms in total. The molecule has 0 saturated carbocycles. The van der Waals surface area contributed by atoms with E-state index in [-0.39, 0.29) is 36.7 Å². The fraction of sp³-hybridized carbons (Fsp3) is 0.284. The number of nitrogens with zero attached hydrogens (tertiary/aromatic N) is 5. The van der Waals surface area contributed by atoms with Gasteiger partial charge in [0.25, 0.3) is 0 Å². The van der Waals surface area contributed by atoms with Crippen molar-refractivity contribution in [2.75, 3.05) is 80.7 Å². The summed E-state index contributed by atoms with van der Waals surface area (Å²) in [6, 6.07) is 41.8. The fourth-order valence-corrected chi connectivity index (χ4v) is 15.6. The number of carbonyl (C=O) groups is 6. The van der Waals surface area contributed by atoms with Crippen molar-refractivity contribution >= 4 is 174 Å². The molecule has 1 aliphatic heterocycles. The zero-order valence-corrected chi connectivity index (χ0v) is 79.4. The number of hydrogen-bond donors (Lipinski definition) is 4. The highest BCUT2D eigenvalue weighted by molar-refractivity contribution is 6.42. The Bertz CT molecular complexity index is 5940. The summed E-state index contributed by atoms with van der Waals surface area (Å²) in [4.78, 5) is 76.0. The number of esters is 6. The Morgan fingerprint density at radius 2 is 0.690 bits per heavy atom. The second kappa shape index (κ2) is 46.2. The number of hydrogen-bond acceptors (Lipinski definition) is 26. The highest BCUT2D eigenvalue weighted by Gasteiger charge is 2.29. The Morgan fingerprint density at radius 1 is 0.395 bits per heavy atom. The number of halogens is 8. The van der Waals surface area contributed by atoms with Crippen LogP contribution < -0.4 is 21.3 Å². The van der Waals surface area contributed by atoms with Gasteiger partial charge in [0.1, 0.15) is 48.6 Å². The van der Waals surface area contributed by atoms with Crippen molar-refractivity contribution in [3.63, 3.8) is 0 Å². The number of nitrogens with one attached hydrogen (secondary N) is 4. The van der Waals surface area contributed by atoms with Crippen LogP contribution in [0.25, 0.3) is 44.5 Å². The van der Waals surface area contributed by atoms with Crippen LogP contribution in [-0.2, 0) is 42.7 Å². The van der Waals surface area contributed by atoms with Gasteiger partial charge >= 0.3 is 35.8 Å². The topological polar surface area (TPSA) is 323 Å². The van der Waals surface area contributed by atoms with Gasteiger partial charge in [-0.05, 0) is 227 Å². The molecule has 34 heteroatoms. The average molecular weight is 1920 g/mol. The van der Waals surface area contributed by atoms with Crippen molar-refractivity contribution in [3.8, 4) is 44.5 Å². The maximum Gasteiger partial charge on any atom is 0.343 e. The lowest BCUT2D eigenvalue weighted by molar-refractivity contribution is -0.161. The van der Waals surface area contributed by atoms with Crippen LogP contribution in [0.2, 0.25) is 40.2 Å². The van der Waals surface area contributed by atoms with Gasteiger partial charge in [-0.15, -0.1) is 0 Å². The maximum atomic E-state index is 12.7. The lowest BCUT2D eigenvalue weighted by Crippen LogP contribution is -2.28. The SMILES string of the molecule is CC1=C(COC(=O)c2ccccc2Nc2c(Cl)cc(-c3c(C)noc3C)cc2Cl)OC(=O)C1.CCCOCCOC(=O)c1ccccc1Nc1c(Cl)cc(-c2c(C)noc2C)cc1Cl.CCN(CC)CCOC(=O)c1ccccc1Nc1c(Cl)cc(-c2c(C)noc2C)cc1Cl.Cc1noc(C)c1-c1cc(Cl)c(Nc2ccccc2C(=O)OCOC(=O)C(C)(C)C)c(Cl)c1. The van der Waals surface area contributed by atoms with Crippen LogP contribution >= 0.6 is 92.8 Å². The number of aromatic nitrogens is 4. The zero-order valence-electron chi connectivity index (χ0n) is 73.3. The quantitative estimate of drug-likeness (QED) is 0.0141. The van der Waals surface area contributed by atoms with E-state index in [9.17, 15) is 28.8 Å². The molecule has 0 unspecified atom stereocenters. The van der Waals surface area contributed by atoms with Crippen molar-refractivity contribution in [1.29, 1.82) is 0 Å². The van der Waals surface area contributed by atoms with E-state index >= 15 is 0 Å². The van der Waals surface area contributed by atoms with Crippen molar-refractivity contribution in [3.05, 3.63) is 265 Å². The van der Waals surface area contributed by atoms with Gasteiger partial charge in [-0.25, -0.2) is 19.2 Å². The number of rotatable bonds is 30. The number of likely N-dealkylation sites (N-methyl/N-ethyl adjacent to an activating group) is 1. The number of cyclic esters (lactones) is 1. The molecule has 0 aliphatic carbocycles. The highest BCUT2D eigenvalue weighted by Crippen LogP contribution is 2.45. The van der Waals surface area contributed by atoms with E-state index in [1.165, 1.54) is 0 Å². The van der Waals surface area contributed by atoms with Gasteiger partial charge in [0.15, 0.2) is 0 Å². The lowest BCUT2D eigenvalue weighted by Gasteiger charge is -2.18. The van der Waals surface area contributed by atoms with Crippen LogP contribution in [-0.4, -0.2) is 121 Å². The van der Waals surface area contributed by atoms with Gasteiger partial charge in [0.05, 0.1) is 149 Å². The first-order chi connectivity index (χ1) is 61.5. The van der Waals surface area contributed by atoms with Crippen LogP contribution in [0.3, 0.4) is 0 Å². The largest absolute Gasteiger partial charge is 0.461 e. The van der Waals surface area contributed by atoms with E-state index < -0.39 is 42.1 Å². The zero-order chi connectivity index (χ0) is 93.7. The summed E-state index contributed by atoms with van der Waals surface area (Å²) in [6.07, 6.45) is 1.11. The van der Waals surface area contributed by atoms with E-state index in [1.807, 2.05) is 74.4 Å². The monoisotopic (exact) mass is 1910 g/mol. The van der Waals surface area contributed by atoms with Crippen LogP contribution in [0.5, 0.6) is 0 Å². The molecular weight excluding hydrogens is 1820 g/mol. The molecule has 0 saturated heterocycles. The molecule has 0 radical (unpaired) electrons. The van der Waals surface area contributed by atoms with Crippen LogP contribution in [0.15, 0.2) is 175 Å². The van der Waals surface area contributed by atoms with Crippen LogP contribution in [0.4, 0.5) is 45.5 Å². The van der Waals surface area contributed by atoms with E-state index in [0.29, 0.717) is 152 Å². The van der Waals surface area contributed by atoms with Crippen molar-refractivity contribution in [2.24, 2.45) is 5.41 Å². The lowest BCUT2D eigenvalue weighted by atomic mass is 9.98. The molecule has 0 bridgehead atoms. The Balaban J connectivity index is 0.000000179. The first kappa shape index (κ1) is 99.8. The van der Waals surface area contributed by atoms with Crippen LogP contribution in [0, 0.1) is 60.8 Å². The number of carbonyl (C=O) groups excluding carboxylic acids is 6. The van der Waals surface area contributed by atoms with Gasteiger partial charge in [-0.2, -0.15) is 0 Å². The third kappa shape index (κ3) is 26.0. The first-order valence-electron chi connectivity index (χ1n) is 40.7. The van der Waals surface area contributed by atoms with E-state index in [0.717, 1.165) is 92.4 Å². The summed E-state index contributed by atoms with van der Waals surface area (Å²) in [7, 11) is 0. The van der Waals surface area contributed by atoms with Crippen LogP contribution in [0.1, 0.15) is 149 Å².